The zero-order valence-corrected chi connectivity index (χ0v) is 16.8. The Balaban J connectivity index is 1.49. The van der Waals surface area contributed by atoms with E-state index in [-0.39, 0.29) is 24.0 Å². The standard InChI is InChI=1S/C22H24N2O6/c1-15-4-6-18(17(12-15)24(26)27)30-14-21(25)23-22(8-2-3-9-22)16-5-7-19-20(13-16)29-11-10-28-19/h4-7,12-13H,2-3,8-11,14H2,1H3,(H,23,25). The van der Waals surface area contributed by atoms with E-state index in [4.69, 9.17) is 14.2 Å². The van der Waals surface area contributed by atoms with Gasteiger partial charge in [0.05, 0.1) is 10.5 Å². The van der Waals surface area contributed by atoms with Crippen LogP contribution in [0.3, 0.4) is 0 Å². The van der Waals surface area contributed by atoms with E-state index in [1.807, 2.05) is 18.2 Å². The minimum absolute atomic E-state index is 0.0838. The molecule has 0 atom stereocenters. The average Bonchev–Trinajstić information content (AvgIpc) is 3.22. The van der Waals surface area contributed by atoms with Crippen molar-refractivity contribution in [3.63, 3.8) is 0 Å². The quantitative estimate of drug-likeness (QED) is 0.574. The number of nitrogens with one attached hydrogen (secondary N) is 1. The summed E-state index contributed by atoms with van der Waals surface area (Å²) in [5, 5.41) is 14.4. The Hall–Kier alpha value is -3.29. The molecule has 4 rings (SSSR count). The predicted molar refractivity (Wildman–Crippen MR) is 109 cm³/mol. The third-order valence-corrected chi connectivity index (χ3v) is 5.60. The number of amides is 1. The zero-order chi connectivity index (χ0) is 21.1. The van der Waals surface area contributed by atoms with Gasteiger partial charge in [-0.3, -0.25) is 14.9 Å². The van der Waals surface area contributed by atoms with Gasteiger partial charge in [-0.1, -0.05) is 25.0 Å². The molecule has 1 saturated carbocycles. The number of carbonyl (C=O) groups excluding carboxylic acids is 1. The van der Waals surface area contributed by atoms with Gasteiger partial charge in [0.1, 0.15) is 13.2 Å². The minimum atomic E-state index is -0.506. The SMILES string of the molecule is Cc1ccc(OCC(=O)NC2(c3ccc4c(c3)OCCO4)CCCC2)c([N+](=O)[O-])c1. The molecule has 1 amide bonds. The van der Waals surface area contributed by atoms with E-state index >= 15 is 0 Å². The molecule has 0 spiro atoms. The monoisotopic (exact) mass is 412 g/mol. The Morgan fingerprint density at radius 3 is 2.60 bits per heavy atom. The highest BCUT2D eigenvalue weighted by atomic mass is 16.6. The summed E-state index contributed by atoms with van der Waals surface area (Å²) in [6.45, 7) is 2.49. The molecule has 0 aromatic heterocycles. The highest BCUT2D eigenvalue weighted by Gasteiger charge is 2.38. The summed E-state index contributed by atoms with van der Waals surface area (Å²) in [7, 11) is 0. The second-order valence-corrected chi connectivity index (χ2v) is 7.71. The fourth-order valence-corrected chi connectivity index (χ4v) is 4.14. The van der Waals surface area contributed by atoms with Gasteiger partial charge in [-0.15, -0.1) is 0 Å². The Morgan fingerprint density at radius 2 is 1.87 bits per heavy atom. The number of carbonyl (C=O) groups is 1. The molecule has 0 unspecified atom stereocenters. The first-order valence-corrected chi connectivity index (χ1v) is 10.1. The Bertz CT molecular complexity index is 968. The van der Waals surface area contributed by atoms with Gasteiger partial charge in [-0.2, -0.15) is 0 Å². The topological polar surface area (TPSA) is 99.9 Å². The van der Waals surface area contributed by atoms with Crippen molar-refractivity contribution in [3.05, 3.63) is 57.6 Å². The van der Waals surface area contributed by atoms with Gasteiger partial charge in [-0.05, 0) is 49.1 Å². The molecule has 1 aliphatic heterocycles. The summed E-state index contributed by atoms with van der Waals surface area (Å²) in [4.78, 5) is 23.5. The molecule has 0 bridgehead atoms. The molecule has 158 valence electrons. The number of fused-ring (bicyclic) bond motifs is 1. The third kappa shape index (κ3) is 4.03. The second-order valence-electron chi connectivity index (χ2n) is 7.71. The lowest BCUT2D eigenvalue weighted by atomic mass is 9.87. The van der Waals surface area contributed by atoms with Crippen LogP contribution in [0.5, 0.6) is 17.2 Å². The van der Waals surface area contributed by atoms with Gasteiger partial charge in [-0.25, -0.2) is 0 Å². The molecule has 2 aromatic rings. The van der Waals surface area contributed by atoms with Crippen LogP contribution < -0.4 is 19.5 Å². The summed E-state index contributed by atoms with van der Waals surface area (Å²) < 4.78 is 16.8. The average molecular weight is 412 g/mol. The lowest BCUT2D eigenvalue weighted by Crippen LogP contribution is -2.45. The summed E-state index contributed by atoms with van der Waals surface area (Å²) in [6.07, 6.45) is 3.62. The lowest BCUT2D eigenvalue weighted by Gasteiger charge is -2.32. The van der Waals surface area contributed by atoms with Gasteiger partial charge in [0.25, 0.3) is 5.91 Å². The number of rotatable bonds is 6. The van der Waals surface area contributed by atoms with E-state index in [2.05, 4.69) is 5.32 Å². The zero-order valence-electron chi connectivity index (χ0n) is 16.8. The van der Waals surface area contributed by atoms with Crippen molar-refractivity contribution in [2.45, 2.75) is 38.1 Å². The van der Waals surface area contributed by atoms with Gasteiger partial charge >= 0.3 is 5.69 Å². The Labute approximate surface area is 174 Å². The van der Waals surface area contributed by atoms with Crippen LogP contribution in [0.15, 0.2) is 36.4 Å². The molecular formula is C22H24N2O6. The van der Waals surface area contributed by atoms with Crippen molar-refractivity contribution in [1.82, 2.24) is 5.32 Å². The van der Waals surface area contributed by atoms with E-state index in [1.165, 1.54) is 12.1 Å². The number of aryl methyl sites for hydroxylation is 1. The first kappa shape index (κ1) is 20.0. The number of nitro benzene ring substituents is 1. The number of ether oxygens (including phenoxy) is 3. The molecule has 8 heteroatoms. The highest BCUT2D eigenvalue weighted by Crippen LogP contribution is 2.42. The third-order valence-electron chi connectivity index (χ3n) is 5.60. The highest BCUT2D eigenvalue weighted by molar-refractivity contribution is 5.79. The maximum Gasteiger partial charge on any atom is 0.311 e. The normalized spacial score (nSPS) is 16.7. The molecule has 30 heavy (non-hydrogen) atoms. The largest absolute Gasteiger partial charge is 0.486 e. The van der Waals surface area contributed by atoms with Gasteiger partial charge in [0, 0.05) is 6.07 Å². The van der Waals surface area contributed by atoms with E-state index in [0.717, 1.165) is 36.8 Å². The van der Waals surface area contributed by atoms with Crippen LogP contribution in [0.2, 0.25) is 0 Å². The van der Waals surface area contributed by atoms with Crippen molar-refractivity contribution < 1.29 is 23.9 Å². The molecule has 1 fully saturated rings. The summed E-state index contributed by atoms with van der Waals surface area (Å²) in [5.41, 5.74) is 1.07. The maximum atomic E-state index is 12.7. The minimum Gasteiger partial charge on any atom is -0.486 e. The molecule has 0 saturated heterocycles. The maximum absolute atomic E-state index is 12.7. The van der Waals surface area contributed by atoms with Crippen LogP contribution in [0.1, 0.15) is 36.8 Å². The number of hydrogen-bond donors (Lipinski definition) is 1. The smallest absolute Gasteiger partial charge is 0.311 e. The molecule has 1 heterocycles. The number of benzene rings is 2. The molecule has 0 radical (unpaired) electrons. The summed E-state index contributed by atoms with van der Waals surface area (Å²) in [5.74, 6) is 1.16. The number of hydrogen-bond acceptors (Lipinski definition) is 6. The fourth-order valence-electron chi connectivity index (χ4n) is 4.14. The Morgan fingerprint density at radius 1 is 1.13 bits per heavy atom. The fraction of sp³-hybridized carbons (Fsp3) is 0.409. The van der Waals surface area contributed by atoms with E-state index < -0.39 is 10.5 Å². The van der Waals surface area contributed by atoms with Gasteiger partial charge < -0.3 is 19.5 Å². The van der Waals surface area contributed by atoms with Crippen LogP contribution >= 0.6 is 0 Å². The van der Waals surface area contributed by atoms with E-state index in [0.29, 0.717) is 24.7 Å². The van der Waals surface area contributed by atoms with Crippen LogP contribution in [-0.2, 0) is 10.3 Å². The van der Waals surface area contributed by atoms with Gasteiger partial charge in [0.15, 0.2) is 23.9 Å². The molecular weight excluding hydrogens is 388 g/mol. The molecule has 2 aliphatic rings. The predicted octanol–water partition coefficient (Wildman–Crippen LogP) is 3.64. The van der Waals surface area contributed by atoms with Crippen molar-refractivity contribution in [2.75, 3.05) is 19.8 Å². The second kappa shape index (κ2) is 8.22. The first-order chi connectivity index (χ1) is 14.5. The summed E-state index contributed by atoms with van der Waals surface area (Å²) >= 11 is 0. The Kier molecular flexibility index (Phi) is 5.48. The number of nitro groups is 1. The van der Waals surface area contributed by atoms with Gasteiger partial charge in [0.2, 0.25) is 0 Å². The first-order valence-electron chi connectivity index (χ1n) is 10.1. The number of nitrogens with zero attached hydrogens (tertiary/aromatic N) is 1. The molecule has 1 aliphatic carbocycles. The van der Waals surface area contributed by atoms with Crippen LogP contribution in [0.25, 0.3) is 0 Å². The molecule has 8 nitrogen and oxygen atoms in total. The van der Waals surface area contributed by atoms with Crippen LogP contribution in [0.4, 0.5) is 5.69 Å². The van der Waals surface area contributed by atoms with Crippen LogP contribution in [-0.4, -0.2) is 30.7 Å². The van der Waals surface area contributed by atoms with Crippen molar-refractivity contribution >= 4 is 11.6 Å². The van der Waals surface area contributed by atoms with Crippen LogP contribution in [0, 0.1) is 17.0 Å². The van der Waals surface area contributed by atoms with Crippen molar-refractivity contribution in [2.24, 2.45) is 0 Å². The molecule has 2 aromatic carbocycles. The van der Waals surface area contributed by atoms with E-state index in [9.17, 15) is 14.9 Å². The van der Waals surface area contributed by atoms with Crippen molar-refractivity contribution in [1.29, 1.82) is 0 Å². The lowest BCUT2D eigenvalue weighted by molar-refractivity contribution is -0.385. The van der Waals surface area contributed by atoms with E-state index in [1.54, 1.807) is 13.0 Å². The van der Waals surface area contributed by atoms with Crippen molar-refractivity contribution in [3.8, 4) is 17.2 Å². The summed E-state index contributed by atoms with van der Waals surface area (Å²) in [6, 6.07) is 10.4. The molecule has 1 N–H and O–H groups in total.